The molecule has 0 bridgehead atoms. The standard InChI is InChI=1S/C18H18F2N2O3/c1-3-25-16-8-11(2)4-7-15(16)22-17(23)10-21-18(24)12-5-6-13(19)14(20)9-12/h4-9H,3,10H2,1-2H3,(H,21,24)(H,22,23). The second-order valence-corrected chi connectivity index (χ2v) is 5.29. The van der Waals surface area contributed by atoms with Crippen molar-refractivity contribution in [2.45, 2.75) is 13.8 Å². The van der Waals surface area contributed by atoms with Gasteiger partial charge in [-0.25, -0.2) is 8.78 Å². The number of halogens is 2. The molecule has 0 atom stereocenters. The van der Waals surface area contributed by atoms with Gasteiger partial charge < -0.3 is 15.4 Å². The zero-order valence-electron chi connectivity index (χ0n) is 13.9. The first-order chi connectivity index (χ1) is 11.9. The summed E-state index contributed by atoms with van der Waals surface area (Å²) in [6.45, 7) is 3.85. The van der Waals surface area contributed by atoms with Crippen molar-refractivity contribution in [3.05, 3.63) is 59.2 Å². The number of anilines is 1. The van der Waals surface area contributed by atoms with Gasteiger partial charge in [-0.15, -0.1) is 0 Å². The number of hydrogen-bond acceptors (Lipinski definition) is 3. The summed E-state index contributed by atoms with van der Waals surface area (Å²) in [5, 5.41) is 4.98. The van der Waals surface area contributed by atoms with Gasteiger partial charge in [0.2, 0.25) is 5.91 Å². The lowest BCUT2D eigenvalue weighted by molar-refractivity contribution is -0.115. The lowest BCUT2D eigenvalue weighted by Gasteiger charge is -2.12. The van der Waals surface area contributed by atoms with E-state index in [0.717, 1.165) is 23.8 Å². The molecule has 0 aromatic heterocycles. The fourth-order valence-corrected chi connectivity index (χ4v) is 2.10. The minimum Gasteiger partial charge on any atom is -0.492 e. The van der Waals surface area contributed by atoms with E-state index in [1.54, 1.807) is 12.1 Å². The maximum absolute atomic E-state index is 13.1. The smallest absolute Gasteiger partial charge is 0.251 e. The highest BCUT2D eigenvalue weighted by molar-refractivity contribution is 5.99. The highest BCUT2D eigenvalue weighted by Gasteiger charge is 2.12. The van der Waals surface area contributed by atoms with Crippen LogP contribution in [0.5, 0.6) is 5.75 Å². The molecule has 2 aromatic carbocycles. The molecule has 2 amide bonds. The van der Waals surface area contributed by atoms with Crippen LogP contribution in [0.15, 0.2) is 36.4 Å². The van der Waals surface area contributed by atoms with Crippen LogP contribution in [0.4, 0.5) is 14.5 Å². The largest absolute Gasteiger partial charge is 0.492 e. The van der Waals surface area contributed by atoms with Crippen LogP contribution in [-0.2, 0) is 4.79 Å². The number of aryl methyl sites for hydroxylation is 1. The summed E-state index contributed by atoms with van der Waals surface area (Å²) in [6.07, 6.45) is 0. The highest BCUT2D eigenvalue weighted by Crippen LogP contribution is 2.25. The second kappa shape index (κ2) is 8.23. The summed E-state index contributed by atoms with van der Waals surface area (Å²) in [4.78, 5) is 23.9. The molecule has 0 radical (unpaired) electrons. The van der Waals surface area contributed by atoms with Crippen LogP contribution in [0.1, 0.15) is 22.8 Å². The van der Waals surface area contributed by atoms with E-state index in [4.69, 9.17) is 4.74 Å². The molecule has 7 heteroatoms. The molecule has 0 saturated carbocycles. The highest BCUT2D eigenvalue weighted by atomic mass is 19.2. The molecule has 0 spiro atoms. The summed E-state index contributed by atoms with van der Waals surface area (Å²) in [7, 11) is 0. The normalized spacial score (nSPS) is 10.2. The number of benzene rings is 2. The Morgan fingerprint density at radius 1 is 1.08 bits per heavy atom. The summed E-state index contributed by atoms with van der Waals surface area (Å²) >= 11 is 0. The van der Waals surface area contributed by atoms with Crippen molar-refractivity contribution in [2.75, 3.05) is 18.5 Å². The molecule has 132 valence electrons. The maximum atomic E-state index is 13.1. The lowest BCUT2D eigenvalue weighted by Crippen LogP contribution is -2.33. The maximum Gasteiger partial charge on any atom is 0.251 e. The molecule has 5 nitrogen and oxygen atoms in total. The van der Waals surface area contributed by atoms with Crippen molar-refractivity contribution in [3.63, 3.8) is 0 Å². The predicted octanol–water partition coefficient (Wildman–Crippen LogP) is 3.04. The number of nitrogens with one attached hydrogen (secondary N) is 2. The Morgan fingerprint density at radius 2 is 1.84 bits per heavy atom. The van der Waals surface area contributed by atoms with Crippen LogP contribution in [0.3, 0.4) is 0 Å². The molecular weight excluding hydrogens is 330 g/mol. The lowest BCUT2D eigenvalue weighted by atomic mass is 10.2. The van der Waals surface area contributed by atoms with Gasteiger partial charge in [-0.3, -0.25) is 9.59 Å². The Hall–Kier alpha value is -2.96. The minimum absolute atomic E-state index is 0.0722. The van der Waals surface area contributed by atoms with Gasteiger partial charge in [-0.05, 0) is 49.7 Å². The van der Waals surface area contributed by atoms with E-state index < -0.39 is 23.4 Å². The third kappa shape index (κ3) is 5.00. The van der Waals surface area contributed by atoms with E-state index in [2.05, 4.69) is 10.6 Å². The summed E-state index contributed by atoms with van der Waals surface area (Å²) in [5.41, 5.74) is 1.39. The molecule has 0 aliphatic carbocycles. The average molecular weight is 348 g/mol. The molecule has 25 heavy (non-hydrogen) atoms. The minimum atomic E-state index is -1.13. The third-order valence-corrected chi connectivity index (χ3v) is 3.30. The van der Waals surface area contributed by atoms with Crippen molar-refractivity contribution in [3.8, 4) is 5.75 Å². The molecule has 0 heterocycles. The Morgan fingerprint density at radius 3 is 2.52 bits per heavy atom. The summed E-state index contributed by atoms with van der Waals surface area (Å²) in [5.74, 6) is -2.79. The van der Waals surface area contributed by atoms with Crippen molar-refractivity contribution in [2.24, 2.45) is 0 Å². The Labute approximate surface area is 144 Å². The first kappa shape index (κ1) is 18.4. The number of rotatable bonds is 6. The Bertz CT molecular complexity index is 794. The molecule has 0 saturated heterocycles. The summed E-state index contributed by atoms with van der Waals surface area (Å²) in [6, 6.07) is 8.08. The van der Waals surface area contributed by atoms with Crippen molar-refractivity contribution in [1.29, 1.82) is 0 Å². The Balaban J connectivity index is 1.96. The second-order valence-electron chi connectivity index (χ2n) is 5.29. The van der Waals surface area contributed by atoms with E-state index in [9.17, 15) is 18.4 Å². The monoisotopic (exact) mass is 348 g/mol. The molecule has 2 N–H and O–H groups in total. The zero-order chi connectivity index (χ0) is 18.4. The van der Waals surface area contributed by atoms with Crippen molar-refractivity contribution >= 4 is 17.5 Å². The van der Waals surface area contributed by atoms with Gasteiger partial charge in [-0.1, -0.05) is 6.07 Å². The number of amides is 2. The van der Waals surface area contributed by atoms with E-state index in [0.29, 0.717) is 18.0 Å². The quantitative estimate of drug-likeness (QED) is 0.843. The van der Waals surface area contributed by atoms with Crippen LogP contribution in [0, 0.1) is 18.6 Å². The average Bonchev–Trinajstić information content (AvgIpc) is 2.58. The van der Waals surface area contributed by atoms with Gasteiger partial charge in [0, 0.05) is 5.56 Å². The van der Waals surface area contributed by atoms with Gasteiger partial charge in [0.15, 0.2) is 11.6 Å². The van der Waals surface area contributed by atoms with Crippen LogP contribution in [0.2, 0.25) is 0 Å². The Kier molecular flexibility index (Phi) is 6.05. The van der Waals surface area contributed by atoms with E-state index >= 15 is 0 Å². The molecule has 0 aliphatic heterocycles. The first-order valence-electron chi connectivity index (χ1n) is 7.67. The SMILES string of the molecule is CCOc1cc(C)ccc1NC(=O)CNC(=O)c1ccc(F)c(F)c1. The molecule has 2 rings (SSSR count). The molecule has 0 aliphatic rings. The molecular formula is C18H18F2N2O3. The van der Waals surface area contributed by atoms with E-state index in [1.807, 2.05) is 19.9 Å². The van der Waals surface area contributed by atoms with Gasteiger partial charge in [-0.2, -0.15) is 0 Å². The fourth-order valence-electron chi connectivity index (χ4n) is 2.10. The van der Waals surface area contributed by atoms with Crippen LogP contribution in [-0.4, -0.2) is 25.0 Å². The molecule has 0 unspecified atom stereocenters. The first-order valence-corrected chi connectivity index (χ1v) is 7.67. The van der Waals surface area contributed by atoms with Gasteiger partial charge >= 0.3 is 0 Å². The third-order valence-electron chi connectivity index (χ3n) is 3.30. The van der Waals surface area contributed by atoms with Crippen molar-refractivity contribution < 1.29 is 23.1 Å². The predicted molar refractivity (Wildman–Crippen MR) is 89.7 cm³/mol. The topological polar surface area (TPSA) is 67.4 Å². The van der Waals surface area contributed by atoms with Gasteiger partial charge in [0.25, 0.3) is 5.91 Å². The number of hydrogen-bond donors (Lipinski definition) is 2. The number of ether oxygens (including phenoxy) is 1. The van der Waals surface area contributed by atoms with E-state index in [1.165, 1.54) is 0 Å². The number of carbonyl (C=O) groups excluding carboxylic acids is 2. The zero-order valence-corrected chi connectivity index (χ0v) is 13.9. The number of carbonyl (C=O) groups is 2. The summed E-state index contributed by atoms with van der Waals surface area (Å²) < 4.78 is 31.5. The van der Waals surface area contributed by atoms with Crippen molar-refractivity contribution in [1.82, 2.24) is 5.32 Å². The fraction of sp³-hybridized carbons (Fsp3) is 0.222. The van der Waals surface area contributed by atoms with Crippen LogP contribution >= 0.6 is 0 Å². The van der Waals surface area contributed by atoms with Crippen LogP contribution < -0.4 is 15.4 Å². The van der Waals surface area contributed by atoms with Gasteiger partial charge in [0.05, 0.1) is 18.8 Å². The molecule has 2 aromatic rings. The van der Waals surface area contributed by atoms with Crippen LogP contribution in [0.25, 0.3) is 0 Å². The van der Waals surface area contributed by atoms with Gasteiger partial charge in [0.1, 0.15) is 5.75 Å². The van der Waals surface area contributed by atoms with E-state index in [-0.39, 0.29) is 12.1 Å². The molecule has 0 fully saturated rings.